The SMILES string of the molecule is CN(C=O)CCCC(=O)N1CCCC1. The van der Waals surface area contributed by atoms with Crippen molar-refractivity contribution in [3.63, 3.8) is 0 Å². The Morgan fingerprint density at radius 2 is 2.07 bits per heavy atom. The van der Waals surface area contributed by atoms with Gasteiger partial charge in [-0.3, -0.25) is 9.59 Å². The fourth-order valence-corrected chi connectivity index (χ4v) is 1.66. The monoisotopic (exact) mass is 198 g/mol. The number of nitrogens with zero attached hydrogens (tertiary/aromatic N) is 2. The van der Waals surface area contributed by atoms with Crippen LogP contribution in [0.5, 0.6) is 0 Å². The predicted molar refractivity (Wildman–Crippen MR) is 53.7 cm³/mol. The molecule has 4 nitrogen and oxygen atoms in total. The second-order valence-corrected chi connectivity index (χ2v) is 3.78. The van der Waals surface area contributed by atoms with Crippen LogP contribution < -0.4 is 0 Å². The van der Waals surface area contributed by atoms with Crippen molar-refractivity contribution in [2.75, 3.05) is 26.7 Å². The molecule has 0 bridgehead atoms. The standard InChI is InChI=1S/C10H18N2O2/c1-11(9-13)6-4-5-10(14)12-7-2-3-8-12/h9H,2-8H2,1H3. The molecule has 0 saturated carbocycles. The molecule has 1 fully saturated rings. The third-order valence-electron chi connectivity index (χ3n) is 2.54. The summed E-state index contributed by atoms with van der Waals surface area (Å²) >= 11 is 0. The third kappa shape index (κ3) is 3.36. The van der Waals surface area contributed by atoms with Crippen LogP contribution in [0.3, 0.4) is 0 Å². The maximum Gasteiger partial charge on any atom is 0.222 e. The lowest BCUT2D eigenvalue weighted by Gasteiger charge is -2.16. The smallest absolute Gasteiger partial charge is 0.222 e. The average molecular weight is 198 g/mol. The molecule has 0 aliphatic carbocycles. The Morgan fingerprint density at radius 3 is 2.64 bits per heavy atom. The van der Waals surface area contributed by atoms with E-state index in [-0.39, 0.29) is 5.91 Å². The van der Waals surface area contributed by atoms with Crippen LogP contribution in [-0.4, -0.2) is 48.8 Å². The van der Waals surface area contributed by atoms with Crippen molar-refractivity contribution in [2.45, 2.75) is 25.7 Å². The molecule has 0 N–H and O–H groups in total. The van der Waals surface area contributed by atoms with E-state index in [9.17, 15) is 9.59 Å². The molecule has 2 amide bonds. The van der Waals surface area contributed by atoms with E-state index in [1.54, 1.807) is 11.9 Å². The Kier molecular flexibility index (Phi) is 4.43. The minimum absolute atomic E-state index is 0.238. The molecule has 80 valence electrons. The van der Waals surface area contributed by atoms with Gasteiger partial charge in [-0.05, 0) is 19.3 Å². The fraction of sp³-hybridized carbons (Fsp3) is 0.800. The van der Waals surface area contributed by atoms with Gasteiger partial charge in [0.1, 0.15) is 0 Å². The van der Waals surface area contributed by atoms with Crippen LogP contribution in [0.2, 0.25) is 0 Å². The van der Waals surface area contributed by atoms with Gasteiger partial charge in [-0.1, -0.05) is 0 Å². The van der Waals surface area contributed by atoms with Crippen LogP contribution in [0, 0.1) is 0 Å². The van der Waals surface area contributed by atoms with Gasteiger partial charge in [0.15, 0.2) is 0 Å². The largest absolute Gasteiger partial charge is 0.348 e. The van der Waals surface area contributed by atoms with Gasteiger partial charge in [0.2, 0.25) is 12.3 Å². The summed E-state index contributed by atoms with van der Waals surface area (Å²) in [6, 6.07) is 0. The third-order valence-corrected chi connectivity index (χ3v) is 2.54. The zero-order valence-corrected chi connectivity index (χ0v) is 8.74. The Balaban J connectivity index is 2.11. The summed E-state index contributed by atoms with van der Waals surface area (Å²) in [6.45, 7) is 2.51. The van der Waals surface area contributed by atoms with Gasteiger partial charge in [-0.25, -0.2) is 0 Å². The van der Waals surface area contributed by atoms with Gasteiger partial charge < -0.3 is 9.80 Å². The summed E-state index contributed by atoms with van der Waals surface area (Å²) in [7, 11) is 1.73. The molecule has 4 heteroatoms. The van der Waals surface area contributed by atoms with Crippen molar-refractivity contribution in [2.24, 2.45) is 0 Å². The number of hydrogen-bond acceptors (Lipinski definition) is 2. The van der Waals surface area contributed by atoms with Crippen LogP contribution in [-0.2, 0) is 9.59 Å². The lowest BCUT2D eigenvalue weighted by atomic mass is 10.2. The molecular formula is C10H18N2O2. The lowest BCUT2D eigenvalue weighted by molar-refractivity contribution is -0.130. The molecule has 1 aliphatic heterocycles. The van der Waals surface area contributed by atoms with E-state index in [2.05, 4.69) is 0 Å². The number of rotatable bonds is 5. The zero-order valence-electron chi connectivity index (χ0n) is 8.74. The molecule has 0 atom stereocenters. The van der Waals surface area contributed by atoms with E-state index < -0.39 is 0 Å². The molecule has 1 rings (SSSR count). The van der Waals surface area contributed by atoms with Crippen LogP contribution in [0.1, 0.15) is 25.7 Å². The van der Waals surface area contributed by atoms with Gasteiger partial charge in [-0.2, -0.15) is 0 Å². The van der Waals surface area contributed by atoms with E-state index in [0.29, 0.717) is 13.0 Å². The number of amides is 2. The highest BCUT2D eigenvalue weighted by Crippen LogP contribution is 2.09. The first-order valence-electron chi connectivity index (χ1n) is 5.17. The number of hydrogen-bond donors (Lipinski definition) is 0. The highest BCUT2D eigenvalue weighted by Gasteiger charge is 2.16. The summed E-state index contributed by atoms with van der Waals surface area (Å²) in [5.74, 6) is 0.238. The van der Waals surface area contributed by atoms with Crippen molar-refractivity contribution in [3.05, 3.63) is 0 Å². The van der Waals surface area contributed by atoms with Crippen molar-refractivity contribution >= 4 is 12.3 Å². The molecule has 1 aliphatic rings. The topological polar surface area (TPSA) is 40.6 Å². The van der Waals surface area contributed by atoms with E-state index in [4.69, 9.17) is 0 Å². The quantitative estimate of drug-likeness (QED) is 0.603. The maximum atomic E-state index is 11.5. The highest BCUT2D eigenvalue weighted by atomic mass is 16.2. The molecule has 0 unspecified atom stereocenters. The van der Waals surface area contributed by atoms with Crippen molar-refractivity contribution in [3.8, 4) is 0 Å². The molecule has 1 saturated heterocycles. The first-order chi connectivity index (χ1) is 6.74. The van der Waals surface area contributed by atoms with E-state index in [1.807, 2.05) is 4.90 Å². The molecule has 1 heterocycles. The van der Waals surface area contributed by atoms with E-state index in [1.165, 1.54) is 0 Å². The summed E-state index contributed by atoms with van der Waals surface area (Å²) < 4.78 is 0. The van der Waals surface area contributed by atoms with Crippen molar-refractivity contribution in [1.29, 1.82) is 0 Å². The maximum absolute atomic E-state index is 11.5. The van der Waals surface area contributed by atoms with Gasteiger partial charge >= 0.3 is 0 Å². The first kappa shape index (κ1) is 11.0. The zero-order chi connectivity index (χ0) is 10.4. The second kappa shape index (κ2) is 5.62. The summed E-state index contributed by atoms with van der Waals surface area (Å²) in [6.07, 6.45) is 4.41. The fourth-order valence-electron chi connectivity index (χ4n) is 1.66. The Bertz CT molecular complexity index is 200. The molecule has 0 spiro atoms. The Labute approximate surface area is 84.9 Å². The van der Waals surface area contributed by atoms with Gasteiger partial charge in [-0.15, -0.1) is 0 Å². The van der Waals surface area contributed by atoms with Crippen LogP contribution >= 0.6 is 0 Å². The van der Waals surface area contributed by atoms with Gasteiger partial charge in [0, 0.05) is 33.1 Å². The normalized spacial score (nSPS) is 15.6. The first-order valence-corrected chi connectivity index (χ1v) is 5.17. The van der Waals surface area contributed by atoms with Crippen molar-refractivity contribution in [1.82, 2.24) is 9.80 Å². The highest BCUT2D eigenvalue weighted by molar-refractivity contribution is 5.76. The van der Waals surface area contributed by atoms with Crippen LogP contribution in [0.25, 0.3) is 0 Å². The molecular weight excluding hydrogens is 180 g/mol. The average Bonchev–Trinajstić information content (AvgIpc) is 2.70. The molecule has 0 radical (unpaired) electrons. The Morgan fingerprint density at radius 1 is 1.43 bits per heavy atom. The summed E-state index contributed by atoms with van der Waals surface area (Å²) in [5, 5.41) is 0. The number of carbonyl (C=O) groups is 2. The Hall–Kier alpha value is -1.06. The van der Waals surface area contributed by atoms with Gasteiger partial charge in [0.25, 0.3) is 0 Å². The number of likely N-dealkylation sites (tertiary alicyclic amines) is 1. The predicted octanol–water partition coefficient (Wildman–Crippen LogP) is 0.477. The van der Waals surface area contributed by atoms with Crippen LogP contribution in [0.4, 0.5) is 0 Å². The summed E-state index contributed by atoms with van der Waals surface area (Å²) in [5.41, 5.74) is 0. The van der Waals surface area contributed by atoms with E-state index in [0.717, 1.165) is 38.8 Å². The van der Waals surface area contributed by atoms with Crippen molar-refractivity contribution < 1.29 is 9.59 Å². The van der Waals surface area contributed by atoms with Crippen LogP contribution in [0.15, 0.2) is 0 Å². The lowest BCUT2D eigenvalue weighted by Crippen LogP contribution is -2.28. The summed E-state index contributed by atoms with van der Waals surface area (Å²) in [4.78, 5) is 25.3. The number of carbonyl (C=O) groups excluding carboxylic acids is 2. The molecule has 0 aromatic rings. The molecule has 0 aromatic heterocycles. The molecule has 0 aromatic carbocycles. The minimum Gasteiger partial charge on any atom is -0.348 e. The van der Waals surface area contributed by atoms with Gasteiger partial charge in [0.05, 0.1) is 0 Å². The molecule has 14 heavy (non-hydrogen) atoms. The minimum atomic E-state index is 0.238. The van der Waals surface area contributed by atoms with E-state index >= 15 is 0 Å². The second-order valence-electron chi connectivity index (χ2n) is 3.78.